The number of nitrogens with zero attached hydrogens (tertiary/aromatic N) is 6. The van der Waals surface area contributed by atoms with E-state index in [1.54, 1.807) is 0 Å². The van der Waals surface area contributed by atoms with Crippen LogP contribution < -0.4 is 24.3 Å². The van der Waals surface area contributed by atoms with E-state index in [1.807, 2.05) is 0 Å². The number of fused-ring (bicyclic) bond motifs is 10. The van der Waals surface area contributed by atoms with Crippen LogP contribution in [0.25, 0.3) is 32.3 Å². The van der Waals surface area contributed by atoms with Crippen LogP contribution in [0.1, 0.15) is 83.9 Å². The Morgan fingerprint density at radius 1 is 0.684 bits per heavy atom. The third kappa shape index (κ3) is 7.01. The second kappa shape index (κ2) is 17.2. The van der Waals surface area contributed by atoms with E-state index in [4.69, 9.17) is 14.5 Å². The van der Waals surface area contributed by atoms with Crippen LogP contribution in [-0.4, -0.2) is 76.7 Å². The van der Waals surface area contributed by atoms with E-state index in [9.17, 15) is 0 Å². The first-order valence-electron chi connectivity index (χ1n) is 27.5. The molecule has 0 bridgehead atoms. The number of allylic oxidation sites excluding steroid dienone is 7. The lowest BCUT2D eigenvalue weighted by Crippen LogP contribution is -2.61. The lowest BCUT2D eigenvalue weighted by Gasteiger charge is -2.45. The van der Waals surface area contributed by atoms with E-state index < -0.39 is 5.72 Å². The Hall–Kier alpha value is -7.58. The lowest BCUT2D eigenvalue weighted by atomic mass is 9.77. The first-order chi connectivity index (χ1) is 36.5. The van der Waals surface area contributed by atoms with Gasteiger partial charge in [0.15, 0.2) is 11.5 Å². The van der Waals surface area contributed by atoms with Gasteiger partial charge in [0, 0.05) is 123 Å². The number of aliphatic imine (C=N–C) groups is 1. The number of anilines is 4. The SMILES string of the molecule is CN(C)c1ccc2c(c1)C(C)(C)C1(C=Nc3c(cc(N4CCC(OC5=C(/C=C/C6=[N+](C)c7ccc8ccccc8c7C6(C)C)CC/C5=C\C=C5\N(C)c6ccc7ccccc7c6C5(C)C)CC4)c4ccccc34)O1)N2C. The van der Waals surface area contributed by atoms with Crippen LogP contribution in [-0.2, 0) is 21.0 Å². The molecule has 7 aromatic rings. The number of benzene rings is 7. The summed E-state index contributed by atoms with van der Waals surface area (Å²) < 4.78 is 17.2. The maximum atomic E-state index is 7.43. The molecular formula is C68H71N6O2+. The highest BCUT2D eigenvalue weighted by Gasteiger charge is 2.59. The molecule has 0 amide bonds. The van der Waals surface area contributed by atoms with Gasteiger partial charge in [-0.1, -0.05) is 98.8 Å². The quantitative estimate of drug-likeness (QED) is 0.148. The summed E-state index contributed by atoms with van der Waals surface area (Å²) in [4.78, 5) is 14.7. The Morgan fingerprint density at radius 2 is 1.34 bits per heavy atom. The maximum absolute atomic E-state index is 7.43. The summed E-state index contributed by atoms with van der Waals surface area (Å²) in [6.45, 7) is 15.8. The van der Waals surface area contributed by atoms with Gasteiger partial charge in [-0.25, -0.2) is 0 Å². The van der Waals surface area contributed by atoms with Crippen molar-refractivity contribution in [2.75, 3.05) is 67.9 Å². The third-order valence-electron chi connectivity index (χ3n) is 18.5. The van der Waals surface area contributed by atoms with Gasteiger partial charge in [0.2, 0.25) is 11.4 Å². The van der Waals surface area contributed by atoms with Crippen molar-refractivity contribution >= 4 is 78.4 Å². The Labute approximate surface area is 449 Å². The standard InChI is InChI=1S/C68H71N6O2/c1-65(2)59(71(9)55-31-26-43-18-12-14-20-49(43)61(55)65)34-28-45-24-25-46(29-35-60-66(3,4)62-50-21-15-13-19-44(50)27-32-56(62)72(60)10)64(45)75-48-36-38-74(39-37-48)57-41-58-63(52-23-17-16-22-51(52)57)69-42-68(76-58)67(5,6)53-40-47(70(7)8)30-33-54(53)73(68)11/h12-23,26-35,40-42,48H,24-25,36-39H2,1-11H3/q+1. The summed E-state index contributed by atoms with van der Waals surface area (Å²) in [6, 6.07) is 44.5. The predicted octanol–water partition coefficient (Wildman–Crippen LogP) is 15.0. The Kier molecular flexibility index (Phi) is 10.9. The molecule has 6 aliphatic rings. The number of likely N-dealkylation sites (N-methyl/N-ethyl adjacent to an activating group) is 2. The van der Waals surface area contributed by atoms with Gasteiger partial charge in [-0.15, -0.1) is 0 Å². The molecule has 1 saturated heterocycles. The van der Waals surface area contributed by atoms with E-state index in [-0.39, 0.29) is 22.3 Å². The highest BCUT2D eigenvalue weighted by Crippen LogP contribution is 2.56. The summed E-state index contributed by atoms with van der Waals surface area (Å²) in [6.07, 6.45) is 15.3. The van der Waals surface area contributed by atoms with Gasteiger partial charge in [0.05, 0.1) is 17.0 Å². The molecule has 0 aromatic heterocycles. The van der Waals surface area contributed by atoms with Crippen LogP contribution in [0, 0.1) is 0 Å². The molecule has 13 rings (SSSR count). The topological polar surface area (TPSA) is 46.8 Å². The Morgan fingerprint density at radius 3 is 2.07 bits per heavy atom. The summed E-state index contributed by atoms with van der Waals surface area (Å²) >= 11 is 0. The minimum atomic E-state index is -0.794. The fourth-order valence-electron chi connectivity index (χ4n) is 14.3. The van der Waals surface area contributed by atoms with Crippen LogP contribution in [0.5, 0.6) is 5.75 Å². The highest BCUT2D eigenvalue weighted by atomic mass is 16.5. The van der Waals surface area contributed by atoms with Gasteiger partial charge in [-0.3, -0.25) is 4.99 Å². The van der Waals surface area contributed by atoms with E-state index in [2.05, 4.69) is 253 Å². The Balaban J connectivity index is 0.822. The minimum absolute atomic E-state index is 0.0605. The molecule has 0 radical (unpaired) electrons. The zero-order chi connectivity index (χ0) is 52.6. The second-order valence-electron chi connectivity index (χ2n) is 24.0. The van der Waals surface area contributed by atoms with Crippen molar-refractivity contribution in [3.05, 3.63) is 185 Å². The lowest BCUT2D eigenvalue weighted by molar-refractivity contribution is -0.401. The van der Waals surface area contributed by atoms with Gasteiger partial charge in [0.1, 0.15) is 24.6 Å². The number of hydrogen-bond donors (Lipinski definition) is 0. The smallest absolute Gasteiger partial charge is 0.228 e. The van der Waals surface area contributed by atoms with Gasteiger partial charge in [-0.2, -0.15) is 4.58 Å². The van der Waals surface area contributed by atoms with Crippen molar-refractivity contribution in [3.8, 4) is 5.75 Å². The van der Waals surface area contributed by atoms with E-state index in [0.29, 0.717) is 0 Å². The van der Waals surface area contributed by atoms with E-state index >= 15 is 0 Å². The average molecular weight is 1000 g/mol. The molecule has 0 saturated carbocycles. The van der Waals surface area contributed by atoms with Crippen molar-refractivity contribution in [3.63, 3.8) is 0 Å². The van der Waals surface area contributed by atoms with Crippen LogP contribution >= 0.6 is 0 Å². The van der Waals surface area contributed by atoms with E-state index in [1.165, 1.54) is 94.6 Å². The molecule has 1 aliphatic carbocycles. The second-order valence-corrected chi connectivity index (χ2v) is 24.0. The largest absolute Gasteiger partial charge is 0.490 e. The maximum Gasteiger partial charge on any atom is 0.228 e. The molecule has 5 aliphatic heterocycles. The molecular weight excluding hydrogens is 933 g/mol. The van der Waals surface area contributed by atoms with Crippen molar-refractivity contribution < 1.29 is 14.0 Å². The Bertz CT molecular complexity index is 3800. The van der Waals surface area contributed by atoms with Crippen molar-refractivity contribution in [2.24, 2.45) is 4.99 Å². The minimum Gasteiger partial charge on any atom is -0.490 e. The first kappa shape index (κ1) is 48.1. The molecule has 1 unspecified atom stereocenters. The van der Waals surface area contributed by atoms with Gasteiger partial charge >= 0.3 is 0 Å². The molecule has 1 fully saturated rings. The summed E-state index contributed by atoms with van der Waals surface area (Å²) in [5, 5.41) is 7.53. The first-order valence-corrected chi connectivity index (χ1v) is 27.5. The van der Waals surface area contributed by atoms with Crippen LogP contribution in [0.15, 0.2) is 173 Å². The summed E-state index contributed by atoms with van der Waals surface area (Å²) in [5.74, 6) is 1.87. The highest BCUT2D eigenvalue weighted by molar-refractivity contribution is 6.08. The monoisotopic (exact) mass is 1000 g/mol. The zero-order valence-electron chi connectivity index (χ0n) is 46.3. The summed E-state index contributed by atoms with van der Waals surface area (Å²) in [7, 11) is 10.8. The number of piperidine rings is 1. The number of hydrogen-bond acceptors (Lipinski definition) is 7. The third-order valence-corrected chi connectivity index (χ3v) is 18.5. The van der Waals surface area contributed by atoms with Gasteiger partial charge < -0.3 is 29.1 Å². The molecule has 0 N–H and O–H groups in total. The zero-order valence-corrected chi connectivity index (χ0v) is 46.3. The fraction of sp³-hybridized carbons (Fsp3) is 0.324. The van der Waals surface area contributed by atoms with Crippen molar-refractivity contribution in [2.45, 2.75) is 95.3 Å². The molecule has 1 atom stereocenters. The molecule has 384 valence electrons. The van der Waals surface area contributed by atoms with Crippen LogP contribution in [0.2, 0.25) is 0 Å². The average Bonchev–Trinajstić information content (AvgIpc) is 4.07. The normalized spacial score (nSPS) is 22.3. The van der Waals surface area contributed by atoms with Gasteiger partial charge in [-0.05, 0) is 127 Å². The fourth-order valence-corrected chi connectivity index (χ4v) is 14.3. The molecule has 7 aromatic carbocycles. The summed E-state index contributed by atoms with van der Waals surface area (Å²) in [5.41, 5.74) is 14.6. The molecule has 76 heavy (non-hydrogen) atoms. The molecule has 5 heterocycles. The predicted molar refractivity (Wildman–Crippen MR) is 319 cm³/mol. The molecule has 8 nitrogen and oxygen atoms in total. The number of ether oxygens (including phenoxy) is 2. The van der Waals surface area contributed by atoms with Crippen LogP contribution in [0.4, 0.5) is 34.1 Å². The van der Waals surface area contributed by atoms with Crippen molar-refractivity contribution in [1.82, 2.24) is 0 Å². The molecule has 8 heteroatoms. The number of rotatable bonds is 7. The van der Waals surface area contributed by atoms with E-state index in [0.717, 1.165) is 61.4 Å². The van der Waals surface area contributed by atoms with Crippen LogP contribution in [0.3, 0.4) is 0 Å². The molecule has 1 spiro atoms. The van der Waals surface area contributed by atoms with Crippen molar-refractivity contribution in [1.29, 1.82) is 0 Å². The van der Waals surface area contributed by atoms with Gasteiger partial charge in [0.25, 0.3) is 0 Å².